The molecule has 2 nitrogen and oxygen atoms in total. The maximum Gasteiger partial charge on any atom is 0.121 e. The molecule has 0 spiro atoms. The summed E-state index contributed by atoms with van der Waals surface area (Å²) in [7, 11) is 1.68. The monoisotopic (exact) mass is 249 g/mol. The summed E-state index contributed by atoms with van der Waals surface area (Å²) in [5, 5.41) is 1.15. The lowest BCUT2D eigenvalue weighted by atomic mass is 10.0. The van der Waals surface area contributed by atoms with Crippen LogP contribution in [-0.4, -0.2) is 12.1 Å². The van der Waals surface area contributed by atoms with Crippen LogP contribution >= 0.6 is 0 Å². The van der Waals surface area contributed by atoms with E-state index in [0.29, 0.717) is 0 Å². The van der Waals surface area contributed by atoms with Crippen molar-refractivity contribution in [3.05, 3.63) is 60.3 Å². The molecule has 0 unspecified atom stereocenters. The number of pyridine rings is 1. The van der Waals surface area contributed by atoms with Crippen molar-refractivity contribution in [2.75, 3.05) is 7.11 Å². The van der Waals surface area contributed by atoms with Gasteiger partial charge in [0.25, 0.3) is 0 Å². The molecule has 19 heavy (non-hydrogen) atoms. The third kappa shape index (κ3) is 2.17. The zero-order valence-electron chi connectivity index (χ0n) is 11.1. The molecule has 3 rings (SSSR count). The number of aryl methyl sites for hydroxylation is 1. The van der Waals surface area contributed by atoms with Crippen LogP contribution in [-0.2, 0) is 0 Å². The molecule has 0 aliphatic carbocycles. The number of fused-ring (bicyclic) bond motifs is 1. The maximum atomic E-state index is 5.27. The molecule has 1 heterocycles. The Bertz CT molecular complexity index is 720. The molecule has 0 atom stereocenters. The summed E-state index contributed by atoms with van der Waals surface area (Å²) in [4.78, 5) is 4.59. The van der Waals surface area contributed by atoms with Crippen molar-refractivity contribution in [2.24, 2.45) is 0 Å². The molecule has 1 aromatic heterocycles. The first-order chi connectivity index (χ1) is 9.28. The summed E-state index contributed by atoms with van der Waals surface area (Å²) in [6, 6.07) is 18.5. The van der Waals surface area contributed by atoms with Crippen molar-refractivity contribution in [3.8, 4) is 16.9 Å². The lowest BCUT2D eigenvalue weighted by Gasteiger charge is -2.09. The number of rotatable bonds is 2. The van der Waals surface area contributed by atoms with E-state index in [4.69, 9.17) is 4.74 Å². The second-order valence-electron chi connectivity index (χ2n) is 4.56. The number of hydrogen-bond donors (Lipinski definition) is 0. The third-order valence-corrected chi connectivity index (χ3v) is 3.23. The van der Waals surface area contributed by atoms with E-state index in [1.807, 2.05) is 25.1 Å². The summed E-state index contributed by atoms with van der Waals surface area (Å²) in [5.41, 5.74) is 4.41. The molecule has 0 saturated heterocycles. The Kier molecular flexibility index (Phi) is 2.92. The summed E-state index contributed by atoms with van der Waals surface area (Å²) in [6.07, 6.45) is 0. The van der Waals surface area contributed by atoms with Crippen LogP contribution in [0.2, 0.25) is 0 Å². The molecule has 0 saturated carbocycles. The van der Waals surface area contributed by atoms with Crippen LogP contribution in [0.3, 0.4) is 0 Å². The predicted molar refractivity (Wildman–Crippen MR) is 78.5 cm³/mol. The van der Waals surface area contributed by atoms with Gasteiger partial charge in [0.15, 0.2) is 0 Å². The fraction of sp³-hybridized carbons (Fsp3) is 0.118. The largest absolute Gasteiger partial charge is 0.497 e. The first-order valence-corrected chi connectivity index (χ1v) is 6.29. The highest BCUT2D eigenvalue weighted by Crippen LogP contribution is 2.30. The second kappa shape index (κ2) is 4.73. The lowest BCUT2D eigenvalue weighted by Crippen LogP contribution is -1.90. The topological polar surface area (TPSA) is 22.1 Å². The fourth-order valence-electron chi connectivity index (χ4n) is 2.32. The first kappa shape index (κ1) is 11.7. The quantitative estimate of drug-likeness (QED) is 0.678. The summed E-state index contributed by atoms with van der Waals surface area (Å²) < 4.78 is 5.27. The van der Waals surface area contributed by atoms with Crippen LogP contribution in [0.4, 0.5) is 0 Å². The SMILES string of the molecule is COc1ccc2c(-c3ccccc3)cc(C)nc2c1. The van der Waals surface area contributed by atoms with Gasteiger partial charge in [0.1, 0.15) is 5.75 Å². The molecule has 0 N–H and O–H groups in total. The van der Waals surface area contributed by atoms with Crippen LogP contribution in [0.25, 0.3) is 22.0 Å². The summed E-state index contributed by atoms with van der Waals surface area (Å²) >= 11 is 0. The van der Waals surface area contributed by atoms with Gasteiger partial charge < -0.3 is 4.74 Å². The minimum absolute atomic E-state index is 0.838. The van der Waals surface area contributed by atoms with Gasteiger partial charge >= 0.3 is 0 Å². The van der Waals surface area contributed by atoms with Crippen LogP contribution < -0.4 is 4.74 Å². The molecular formula is C17H15NO. The van der Waals surface area contributed by atoms with Crippen LogP contribution in [0.5, 0.6) is 5.75 Å². The maximum absolute atomic E-state index is 5.27. The second-order valence-corrected chi connectivity index (χ2v) is 4.56. The van der Waals surface area contributed by atoms with Crippen LogP contribution in [0, 0.1) is 6.92 Å². The van der Waals surface area contributed by atoms with Gasteiger partial charge in [-0.15, -0.1) is 0 Å². The van der Waals surface area contributed by atoms with Gasteiger partial charge in [-0.2, -0.15) is 0 Å². The third-order valence-electron chi connectivity index (χ3n) is 3.23. The molecular weight excluding hydrogens is 234 g/mol. The number of hydrogen-bond acceptors (Lipinski definition) is 2. The fourth-order valence-corrected chi connectivity index (χ4v) is 2.32. The molecule has 3 aromatic rings. The normalized spacial score (nSPS) is 10.6. The first-order valence-electron chi connectivity index (χ1n) is 6.29. The zero-order chi connectivity index (χ0) is 13.2. The summed E-state index contributed by atoms with van der Waals surface area (Å²) in [5.74, 6) is 0.838. The van der Waals surface area contributed by atoms with E-state index in [1.165, 1.54) is 11.1 Å². The number of nitrogens with zero attached hydrogens (tertiary/aromatic N) is 1. The van der Waals surface area contributed by atoms with Gasteiger partial charge in [-0.25, -0.2) is 0 Å². The Hall–Kier alpha value is -2.35. The Morgan fingerprint density at radius 2 is 1.74 bits per heavy atom. The smallest absolute Gasteiger partial charge is 0.121 e. The van der Waals surface area contributed by atoms with Crippen molar-refractivity contribution < 1.29 is 4.74 Å². The average molecular weight is 249 g/mol. The van der Waals surface area contributed by atoms with Crippen LogP contribution in [0.15, 0.2) is 54.6 Å². The van der Waals surface area contributed by atoms with Gasteiger partial charge in [0.2, 0.25) is 0 Å². The highest BCUT2D eigenvalue weighted by atomic mass is 16.5. The number of aromatic nitrogens is 1. The highest BCUT2D eigenvalue weighted by Gasteiger charge is 2.07. The highest BCUT2D eigenvalue weighted by molar-refractivity contribution is 5.95. The van der Waals surface area contributed by atoms with E-state index < -0.39 is 0 Å². The molecule has 2 heteroatoms. The molecule has 0 aliphatic heterocycles. The van der Waals surface area contributed by atoms with E-state index >= 15 is 0 Å². The minimum atomic E-state index is 0.838. The van der Waals surface area contributed by atoms with E-state index in [9.17, 15) is 0 Å². The van der Waals surface area contributed by atoms with E-state index in [0.717, 1.165) is 22.3 Å². The van der Waals surface area contributed by atoms with Gasteiger partial charge in [-0.05, 0) is 36.2 Å². The Balaban J connectivity index is 2.30. The Labute approximate surface area is 112 Å². The molecule has 0 amide bonds. The standard InChI is InChI=1S/C17H15NO/c1-12-10-16(13-6-4-3-5-7-13)15-9-8-14(19-2)11-17(15)18-12/h3-11H,1-2H3. The number of methoxy groups -OCH3 is 1. The van der Waals surface area contributed by atoms with Crippen molar-refractivity contribution in [1.82, 2.24) is 4.98 Å². The molecule has 0 fully saturated rings. The van der Waals surface area contributed by atoms with Crippen molar-refractivity contribution >= 4 is 10.9 Å². The summed E-state index contributed by atoms with van der Waals surface area (Å²) in [6.45, 7) is 2.02. The van der Waals surface area contributed by atoms with Crippen molar-refractivity contribution in [1.29, 1.82) is 0 Å². The molecule has 0 bridgehead atoms. The predicted octanol–water partition coefficient (Wildman–Crippen LogP) is 4.22. The van der Waals surface area contributed by atoms with Crippen LogP contribution in [0.1, 0.15) is 5.69 Å². The van der Waals surface area contributed by atoms with Gasteiger partial charge in [-0.3, -0.25) is 4.98 Å². The van der Waals surface area contributed by atoms with E-state index in [2.05, 4.69) is 41.4 Å². The number of ether oxygens (including phenoxy) is 1. The molecule has 2 aromatic carbocycles. The lowest BCUT2D eigenvalue weighted by molar-refractivity contribution is 0.415. The molecule has 0 radical (unpaired) electrons. The Morgan fingerprint density at radius 3 is 2.47 bits per heavy atom. The average Bonchev–Trinajstić information content (AvgIpc) is 2.46. The van der Waals surface area contributed by atoms with Gasteiger partial charge in [0, 0.05) is 17.1 Å². The number of benzene rings is 2. The van der Waals surface area contributed by atoms with Crippen molar-refractivity contribution in [2.45, 2.75) is 6.92 Å². The molecule has 94 valence electrons. The minimum Gasteiger partial charge on any atom is -0.497 e. The molecule has 0 aliphatic rings. The van der Waals surface area contributed by atoms with E-state index in [1.54, 1.807) is 7.11 Å². The Morgan fingerprint density at radius 1 is 0.947 bits per heavy atom. The zero-order valence-corrected chi connectivity index (χ0v) is 11.1. The van der Waals surface area contributed by atoms with Gasteiger partial charge in [-0.1, -0.05) is 30.3 Å². The van der Waals surface area contributed by atoms with Gasteiger partial charge in [0.05, 0.1) is 12.6 Å². The van der Waals surface area contributed by atoms with E-state index in [-0.39, 0.29) is 0 Å². The van der Waals surface area contributed by atoms with Crippen molar-refractivity contribution in [3.63, 3.8) is 0 Å².